The number of para-hydroxylation sites is 1. The predicted octanol–water partition coefficient (Wildman–Crippen LogP) is 2.40. The third-order valence-electron chi connectivity index (χ3n) is 4.19. The molecule has 0 amide bonds. The Hall–Kier alpha value is -3.70. The lowest BCUT2D eigenvalue weighted by atomic mass is 10.1. The fourth-order valence-electron chi connectivity index (χ4n) is 2.92. The minimum Gasteiger partial charge on any atom is -0.382 e. The van der Waals surface area contributed by atoms with Crippen LogP contribution in [-0.4, -0.2) is 29.6 Å². The molecule has 136 valence electrons. The summed E-state index contributed by atoms with van der Waals surface area (Å²) in [6.45, 7) is 1.22. The number of anilines is 1. The Labute approximate surface area is 154 Å². The van der Waals surface area contributed by atoms with E-state index in [9.17, 15) is 20.2 Å². The summed E-state index contributed by atoms with van der Waals surface area (Å²) in [5, 5.41) is 27.4. The molecule has 0 aliphatic heterocycles. The van der Waals surface area contributed by atoms with Gasteiger partial charge in [0.15, 0.2) is 0 Å². The van der Waals surface area contributed by atoms with Gasteiger partial charge in [0.1, 0.15) is 11.6 Å². The molecule has 3 aromatic rings. The SMILES string of the molecule is CNCCNc1c(C#N)c(=O)n(-c2ccc([N+](=O)[O-])cc2)c2ccccc12. The molecule has 0 fully saturated rings. The normalized spacial score (nSPS) is 10.5. The highest BCUT2D eigenvalue weighted by molar-refractivity contribution is 5.95. The standard InChI is InChI=1S/C19H17N5O3/c1-21-10-11-22-18-15-4-2-3-5-17(15)23(19(25)16(18)12-20)13-6-8-14(9-7-13)24(26)27/h2-9,21-22H,10-11H2,1H3. The summed E-state index contributed by atoms with van der Waals surface area (Å²) in [7, 11) is 1.82. The summed E-state index contributed by atoms with van der Waals surface area (Å²) < 4.78 is 1.40. The van der Waals surface area contributed by atoms with E-state index in [1.807, 2.05) is 25.2 Å². The molecule has 8 nitrogen and oxygen atoms in total. The van der Waals surface area contributed by atoms with Gasteiger partial charge in [-0.15, -0.1) is 0 Å². The summed E-state index contributed by atoms with van der Waals surface area (Å²) in [6, 6.07) is 14.9. The minimum atomic E-state index is -0.500. The zero-order valence-electron chi connectivity index (χ0n) is 14.6. The molecule has 27 heavy (non-hydrogen) atoms. The van der Waals surface area contributed by atoms with Crippen LogP contribution in [0.3, 0.4) is 0 Å². The van der Waals surface area contributed by atoms with Gasteiger partial charge in [-0.05, 0) is 25.2 Å². The second-order valence-electron chi connectivity index (χ2n) is 5.82. The van der Waals surface area contributed by atoms with Crippen LogP contribution in [0.4, 0.5) is 11.4 Å². The van der Waals surface area contributed by atoms with Crippen molar-refractivity contribution in [1.82, 2.24) is 9.88 Å². The number of aromatic nitrogens is 1. The Morgan fingerprint density at radius 1 is 1.15 bits per heavy atom. The number of fused-ring (bicyclic) bond motifs is 1. The van der Waals surface area contributed by atoms with Crippen LogP contribution in [0, 0.1) is 21.4 Å². The van der Waals surface area contributed by atoms with Crippen LogP contribution >= 0.6 is 0 Å². The van der Waals surface area contributed by atoms with E-state index in [0.29, 0.717) is 30.0 Å². The fraction of sp³-hybridized carbons (Fsp3) is 0.158. The maximum atomic E-state index is 13.0. The first-order valence-electron chi connectivity index (χ1n) is 8.29. The Bertz CT molecular complexity index is 1100. The zero-order chi connectivity index (χ0) is 19.4. The number of nitrogens with one attached hydrogen (secondary N) is 2. The van der Waals surface area contributed by atoms with Crippen molar-refractivity contribution in [3.8, 4) is 11.8 Å². The summed E-state index contributed by atoms with van der Waals surface area (Å²) in [6.07, 6.45) is 0. The number of pyridine rings is 1. The average molecular weight is 363 g/mol. The lowest BCUT2D eigenvalue weighted by molar-refractivity contribution is -0.384. The maximum Gasteiger partial charge on any atom is 0.275 e. The van der Waals surface area contributed by atoms with E-state index in [1.54, 1.807) is 12.1 Å². The highest BCUT2D eigenvalue weighted by atomic mass is 16.6. The number of hydrogen-bond donors (Lipinski definition) is 2. The van der Waals surface area contributed by atoms with Crippen molar-refractivity contribution >= 4 is 22.3 Å². The van der Waals surface area contributed by atoms with Crippen molar-refractivity contribution in [2.75, 3.05) is 25.5 Å². The van der Waals surface area contributed by atoms with E-state index in [2.05, 4.69) is 10.6 Å². The van der Waals surface area contributed by atoms with Crippen LogP contribution in [0.1, 0.15) is 5.56 Å². The Morgan fingerprint density at radius 3 is 2.48 bits per heavy atom. The Morgan fingerprint density at radius 2 is 1.85 bits per heavy atom. The van der Waals surface area contributed by atoms with Crippen LogP contribution in [0.2, 0.25) is 0 Å². The largest absolute Gasteiger partial charge is 0.382 e. The molecule has 0 saturated carbocycles. The van der Waals surface area contributed by atoms with Gasteiger partial charge in [0, 0.05) is 36.3 Å². The summed E-state index contributed by atoms with van der Waals surface area (Å²) in [5.74, 6) is 0. The van der Waals surface area contributed by atoms with Crippen molar-refractivity contribution in [3.05, 3.63) is 74.6 Å². The molecule has 1 heterocycles. The van der Waals surface area contributed by atoms with E-state index in [4.69, 9.17) is 0 Å². The summed E-state index contributed by atoms with van der Waals surface area (Å²) >= 11 is 0. The molecular weight excluding hydrogens is 346 g/mol. The lowest BCUT2D eigenvalue weighted by Crippen LogP contribution is -2.25. The number of nitriles is 1. The molecule has 0 aliphatic carbocycles. The molecule has 0 aliphatic rings. The van der Waals surface area contributed by atoms with Gasteiger partial charge < -0.3 is 10.6 Å². The molecule has 2 aromatic carbocycles. The van der Waals surface area contributed by atoms with Crippen LogP contribution in [0.25, 0.3) is 16.6 Å². The molecule has 0 saturated heterocycles. The van der Waals surface area contributed by atoms with Crippen LogP contribution in [0.5, 0.6) is 0 Å². The van der Waals surface area contributed by atoms with Gasteiger partial charge in [-0.2, -0.15) is 5.26 Å². The predicted molar refractivity (Wildman–Crippen MR) is 103 cm³/mol. The maximum absolute atomic E-state index is 13.0. The third kappa shape index (κ3) is 3.36. The third-order valence-corrected chi connectivity index (χ3v) is 4.19. The Balaban J connectivity index is 2.26. The minimum absolute atomic E-state index is 0.00292. The highest BCUT2D eigenvalue weighted by Gasteiger charge is 2.18. The molecule has 2 N–H and O–H groups in total. The van der Waals surface area contributed by atoms with Gasteiger partial charge in [-0.1, -0.05) is 18.2 Å². The topological polar surface area (TPSA) is 113 Å². The Kier molecular flexibility index (Phi) is 5.15. The smallest absolute Gasteiger partial charge is 0.275 e. The van der Waals surface area contributed by atoms with Gasteiger partial charge in [0.25, 0.3) is 11.2 Å². The first kappa shape index (κ1) is 18.1. The molecule has 1 aromatic heterocycles. The number of nitrogens with zero attached hydrogens (tertiary/aromatic N) is 3. The quantitative estimate of drug-likeness (QED) is 0.395. The molecule has 0 atom stereocenters. The summed E-state index contributed by atoms with van der Waals surface area (Å²) in [5.41, 5.74) is 1.02. The molecule has 0 bridgehead atoms. The summed E-state index contributed by atoms with van der Waals surface area (Å²) in [4.78, 5) is 23.4. The lowest BCUT2D eigenvalue weighted by Gasteiger charge is -2.16. The van der Waals surface area contributed by atoms with Gasteiger partial charge in [-0.25, -0.2) is 0 Å². The van der Waals surface area contributed by atoms with E-state index >= 15 is 0 Å². The number of non-ortho nitro benzene ring substituents is 1. The van der Waals surface area contributed by atoms with E-state index in [-0.39, 0.29) is 11.3 Å². The van der Waals surface area contributed by atoms with Crippen molar-refractivity contribution < 1.29 is 4.92 Å². The van der Waals surface area contributed by atoms with Gasteiger partial charge >= 0.3 is 0 Å². The molecule has 0 spiro atoms. The number of nitro groups is 1. The number of nitro benzene ring substituents is 1. The average Bonchev–Trinajstić information content (AvgIpc) is 2.68. The molecule has 8 heteroatoms. The highest BCUT2D eigenvalue weighted by Crippen LogP contribution is 2.27. The first-order chi connectivity index (χ1) is 13.1. The number of likely N-dealkylation sites (N-methyl/N-ethyl adjacent to an activating group) is 1. The van der Waals surface area contributed by atoms with Crippen LogP contribution in [0.15, 0.2) is 53.3 Å². The second kappa shape index (κ2) is 7.68. The van der Waals surface area contributed by atoms with Gasteiger partial charge in [0.05, 0.1) is 16.1 Å². The zero-order valence-corrected chi connectivity index (χ0v) is 14.6. The van der Waals surface area contributed by atoms with Crippen LogP contribution < -0.4 is 16.2 Å². The van der Waals surface area contributed by atoms with E-state index < -0.39 is 10.5 Å². The number of benzene rings is 2. The second-order valence-corrected chi connectivity index (χ2v) is 5.82. The molecule has 0 unspecified atom stereocenters. The van der Waals surface area contributed by atoms with Crippen molar-refractivity contribution in [1.29, 1.82) is 5.26 Å². The van der Waals surface area contributed by atoms with E-state index in [1.165, 1.54) is 28.8 Å². The molecule has 3 rings (SSSR count). The first-order valence-corrected chi connectivity index (χ1v) is 8.29. The van der Waals surface area contributed by atoms with Crippen molar-refractivity contribution in [3.63, 3.8) is 0 Å². The van der Waals surface area contributed by atoms with Crippen LogP contribution in [-0.2, 0) is 0 Å². The fourth-order valence-corrected chi connectivity index (χ4v) is 2.92. The molecule has 0 radical (unpaired) electrons. The number of hydrogen-bond acceptors (Lipinski definition) is 6. The van der Waals surface area contributed by atoms with Gasteiger partial charge in [0.2, 0.25) is 0 Å². The molecular formula is C19H17N5O3. The van der Waals surface area contributed by atoms with E-state index in [0.717, 1.165) is 5.39 Å². The van der Waals surface area contributed by atoms with Crippen molar-refractivity contribution in [2.45, 2.75) is 0 Å². The number of rotatable bonds is 6. The monoisotopic (exact) mass is 363 g/mol. The van der Waals surface area contributed by atoms with Gasteiger partial charge in [-0.3, -0.25) is 19.5 Å². The van der Waals surface area contributed by atoms with Crippen molar-refractivity contribution in [2.24, 2.45) is 0 Å².